The third-order valence-corrected chi connectivity index (χ3v) is 4.13. The second-order valence-corrected chi connectivity index (χ2v) is 6.08. The smallest absolute Gasteiger partial charge is 0.333 e. The maximum absolute atomic E-state index is 11.4. The quantitative estimate of drug-likeness (QED) is 0.836. The van der Waals surface area contributed by atoms with E-state index in [-0.39, 0.29) is 6.10 Å². The lowest BCUT2D eigenvalue weighted by Crippen LogP contribution is -2.42. The maximum atomic E-state index is 11.4. The fourth-order valence-corrected chi connectivity index (χ4v) is 2.80. The van der Waals surface area contributed by atoms with Gasteiger partial charge in [0.15, 0.2) is 12.4 Å². The Labute approximate surface area is 147 Å². The van der Waals surface area contributed by atoms with Crippen LogP contribution < -0.4 is 0 Å². The summed E-state index contributed by atoms with van der Waals surface area (Å²) in [4.78, 5) is 11.4. The molecule has 132 valence electrons. The minimum atomic E-state index is -0.985. The van der Waals surface area contributed by atoms with E-state index < -0.39 is 18.4 Å². The molecule has 1 N–H and O–H groups in total. The summed E-state index contributed by atoms with van der Waals surface area (Å²) in [5.41, 5.74) is 2.08. The SMILES string of the molecule is O=C(O)C1CC(OCc2ccccc2)CC(OCc2ccccc2)O1. The molecule has 25 heavy (non-hydrogen) atoms. The van der Waals surface area contributed by atoms with Crippen molar-refractivity contribution in [3.63, 3.8) is 0 Å². The fraction of sp³-hybridized carbons (Fsp3) is 0.350. The molecule has 5 nitrogen and oxygen atoms in total. The third kappa shape index (κ3) is 5.39. The molecule has 3 rings (SSSR count). The molecule has 0 bridgehead atoms. The molecule has 0 aromatic heterocycles. The van der Waals surface area contributed by atoms with Gasteiger partial charge in [-0.15, -0.1) is 0 Å². The summed E-state index contributed by atoms with van der Waals surface area (Å²) in [7, 11) is 0. The van der Waals surface area contributed by atoms with Crippen molar-refractivity contribution in [2.24, 2.45) is 0 Å². The first kappa shape index (κ1) is 17.6. The van der Waals surface area contributed by atoms with E-state index in [9.17, 15) is 9.90 Å². The number of carboxylic acid groups (broad SMARTS) is 1. The first-order chi connectivity index (χ1) is 12.2. The Balaban J connectivity index is 1.56. The van der Waals surface area contributed by atoms with E-state index >= 15 is 0 Å². The average Bonchev–Trinajstić information content (AvgIpc) is 2.66. The van der Waals surface area contributed by atoms with Gasteiger partial charge in [0.05, 0.1) is 19.3 Å². The normalized spacial score (nSPS) is 23.3. The van der Waals surface area contributed by atoms with Gasteiger partial charge < -0.3 is 19.3 Å². The van der Waals surface area contributed by atoms with Gasteiger partial charge >= 0.3 is 5.97 Å². The minimum Gasteiger partial charge on any atom is -0.479 e. The van der Waals surface area contributed by atoms with Crippen LogP contribution in [0.15, 0.2) is 60.7 Å². The minimum absolute atomic E-state index is 0.212. The van der Waals surface area contributed by atoms with Gasteiger partial charge in [-0.2, -0.15) is 0 Å². The number of hydrogen-bond acceptors (Lipinski definition) is 4. The Bertz CT molecular complexity index is 607. The van der Waals surface area contributed by atoms with Crippen LogP contribution in [0.1, 0.15) is 24.0 Å². The van der Waals surface area contributed by atoms with E-state index in [0.717, 1.165) is 11.1 Å². The van der Waals surface area contributed by atoms with Crippen LogP contribution in [0.25, 0.3) is 0 Å². The number of carbonyl (C=O) groups is 1. The van der Waals surface area contributed by atoms with Crippen molar-refractivity contribution in [2.45, 2.75) is 44.6 Å². The molecule has 3 unspecified atom stereocenters. The highest BCUT2D eigenvalue weighted by Crippen LogP contribution is 2.25. The second-order valence-electron chi connectivity index (χ2n) is 6.08. The first-order valence-corrected chi connectivity index (χ1v) is 8.40. The topological polar surface area (TPSA) is 65.0 Å². The molecule has 5 heteroatoms. The number of benzene rings is 2. The Morgan fingerprint density at radius 2 is 1.48 bits per heavy atom. The Morgan fingerprint density at radius 3 is 2.04 bits per heavy atom. The van der Waals surface area contributed by atoms with Gasteiger partial charge in [0, 0.05) is 12.8 Å². The van der Waals surface area contributed by atoms with Gasteiger partial charge in [0.1, 0.15) is 0 Å². The molecule has 3 atom stereocenters. The molecule has 1 heterocycles. The van der Waals surface area contributed by atoms with Gasteiger partial charge in [-0.1, -0.05) is 60.7 Å². The first-order valence-electron chi connectivity index (χ1n) is 8.40. The molecule has 0 spiro atoms. The Hall–Kier alpha value is -2.21. The second kappa shape index (κ2) is 8.76. The molecule has 1 aliphatic heterocycles. The van der Waals surface area contributed by atoms with Gasteiger partial charge in [0.2, 0.25) is 0 Å². The maximum Gasteiger partial charge on any atom is 0.333 e. The molecule has 0 saturated carbocycles. The fourth-order valence-electron chi connectivity index (χ4n) is 2.80. The highest BCUT2D eigenvalue weighted by Gasteiger charge is 2.34. The van der Waals surface area contributed by atoms with E-state index in [0.29, 0.717) is 26.1 Å². The number of aliphatic carboxylic acids is 1. The number of carboxylic acids is 1. The zero-order valence-electron chi connectivity index (χ0n) is 13.9. The van der Waals surface area contributed by atoms with Gasteiger partial charge in [-0.05, 0) is 11.1 Å². The lowest BCUT2D eigenvalue weighted by molar-refractivity contribution is -0.232. The highest BCUT2D eigenvalue weighted by atomic mass is 16.7. The standard InChI is InChI=1S/C20H22O5/c21-20(22)18-11-17(23-13-15-7-3-1-4-8-15)12-19(25-18)24-14-16-9-5-2-6-10-16/h1-10,17-19H,11-14H2,(H,21,22). The molecule has 2 aromatic rings. The van der Waals surface area contributed by atoms with Crippen LogP contribution in [0.2, 0.25) is 0 Å². The summed E-state index contributed by atoms with van der Waals surface area (Å²) in [6.45, 7) is 0.826. The van der Waals surface area contributed by atoms with Crippen LogP contribution in [0, 0.1) is 0 Å². The summed E-state index contributed by atoms with van der Waals surface area (Å²) < 4.78 is 17.2. The number of rotatable bonds is 7. The Morgan fingerprint density at radius 1 is 0.920 bits per heavy atom. The van der Waals surface area contributed by atoms with E-state index in [1.54, 1.807) is 0 Å². The molecular weight excluding hydrogens is 320 g/mol. The lowest BCUT2D eigenvalue weighted by atomic mass is 10.0. The zero-order valence-corrected chi connectivity index (χ0v) is 13.9. The van der Waals surface area contributed by atoms with Crippen LogP contribution in [0.3, 0.4) is 0 Å². The zero-order chi connectivity index (χ0) is 17.5. The van der Waals surface area contributed by atoms with Gasteiger partial charge in [0.25, 0.3) is 0 Å². The molecule has 1 saturated heterocycles. The summed E-state index contributed by atoms with van der Waals surface area (Å²) in [6, 6.07) is 19.6. The van der Waals surface area contributed by atoms with Gasteiger partial charge in [-0.3, -0.25) is 0 Å². The predicted octanol–water partition coefficient (Wildman–Crippen LogP) is 3.38. The van der Waals surface area contributed by atoms with Crippen molar-refractivity contribution in [2.75, 3.05) is 0 Å². The summed E-state index contributed by atoms with van der Waals surface area (Å²) >= 11 is 0. The van der Waals surface area contributed by atoms with E-state index in [4.69, 9.17) is 14.2 Å². The van der Waals surface area contributed by atoms with Crippen LogP contribution in [0.4, 0.5) is 0 Å². The van der Waals surface area contributed by atoms with Crippen molar-refractivity contribution >= 4 is 5.97 Å². The largest absolute Gasteiger partial charge is 0.479 e. The molecule has 2 aromatic carbocycles. The number of ether oxygens (including phenoxy) is 3. The predicted molar refractivity (Wildman–Crippen MR) is 91.8 cm³/mol. The monoisotopic (exact) mass is 342 g/mol. The van der Waals surface area contributed by atoms with Crippen molar-refractivity contribution < 1.29 is 24.1 Å². The van der Waals surface area contributed by atoms with E-state index in [1.807, 2.05) is 60.7 Å². The molecule has 1 fully saturated rings. The van der Waals surface area contributed by atoms with Crippen LogP contribution in [0.5, 0.6) is 0 Å². The summed E-state index contributed by atoms with van der Waals surface area (Å²) in [5.74, 6) is -0.985. The van der Waals surface area contributed by atoms with Crippen LogP contribution in [-0.2, 0) is 32.2 Å². The van der Waals surface area contributed by atoms with Crippen molar-refractivity contribution in [3.8, 4) is 0 Å². The van der Waals surface area contributed by atoms with Crippen molar-refractivity contribution in [1.29, 1.82) is 0 Å². The molecular formula is C20H22O5. The van der Waals surface area contributed by atoms with Crippen LogP contribution >= 0.6 is 0 Å². The molecule has 0 amide bonds. The molecule has 1 aliphatic rings. The van der Waals surface area contributed by atoms with Crippen molar-refractivity contribution in [3.05, 3.63) is 71.8 Å². The van der Waals surface area contributed by atoms with Crippen molar-refractivity contribution in [1.82, 2.24) is 0 Å². The molecule has 0 radical (unpaired) electrons. The summed E-state index contributed by atoms with van der Waals surface area (Å²) in [6.07, 6.45) is -0.862. The van der Waals surface area contributed by atoms with Crippen LogP contribution in [-0.4, -0.2) is 29.6 Å². The van der Waals surface area contributed by atoms with E-state index in [1.165, 1.54) is 0 Å². The summed E-state index contributed by atoms with van der Waals surface area (Å²) in [5, 5.41) is 9.31. The Kier molecular flexibility index (Phi) is 6.17. The highest BCUT2D eigenvalue weighted by molar-refractivity contribution is 5.72. The third-order valence-electron chi connectivity index (χ3n) is 4.13. The van der Waals surface area contributed by atoms with Gasteiger partial charge in [-0.25, -0.2) is 4.79 Å². The average molecular weight is 342 g/mol. The number of hydrogen-bond donors (Lipinski definition) is 1. The molecule has 0 aliphatic carbocycles. The lowest BCUT2D eigenvalue weighted by Gasteiger charge is -2.33. The van der Waals surface area contributed by atoms with E-state index in [2.05, 4.69) is 0 Å².